The number of hydrogen-bond donors (Lipinski definition) is 2. The smallest absolute Gasteiger partial charge is 0.239 e. The highest BCUT2D eigenvalue weighted by Gasteiger charge is 2.08. The molecule has 0 saturated heterocycles. The van der Waals surface area contributed by atoms with Gasteiger partial charge in [-0.15, -0.1) is 0 Å². The predicted octanol–water partition coefficient (Wildman–Crippen LogP) is 0.416. The molecular formula is C7H9ClN4O. The van der Waals surface area contributed by atoms with E-state index >= 15 is 0 Å². The number of carbonyl (C=O) groups is 1. The minimum atomic E-state index is -0.481. The molecule has 0 fully saturated rings. The van der Waals surface area contributed by atoms with Crippen LogP contribution < -0.4 is 11.1 Å². The van der Waals surface area contributed by atoms with E-state index in [1.54, 1.807) is 6.92 Å². The summed E-state index contributed by atoms with van der Waals surface area (Å²) < 4.78 is 0. The minimum Gasteiger partial charge on any atom is -0.368 e. The standard InChI is InChI=1S/C7H9ClN4O/c1-4(7(9)13)12-6-2-5(8)10-3-11-6/h2-4H,1H3,(H2,9,13)(H,10,11,12). The number of carbonyl (C=O) groups excluding carboxylic acids is 1. The van der Waals surface area contributed by atoms with Gasteiger partial charge in [-0.3, -0.25) is 4.79 Å². The van der Waals surface area contributed by atoms with Gasteiger partial charge in [-0.1, -0.05) is 11.6 Å². The average Bonchev–Trinajstić information content (AvgIpc) is 2.04. The van der Waals surface area contributed by atoms with Crippen LogP contribution in [0, 0.1) is 0 Å². The molecule has 1 amide bonds. The van der Waals surface area contributed by atoms with E-state index in [0.29, 0.717) is 11.0 Å². The third-order valence-corrected chi connectivity index (χ3v) is 1.63. The van der Waals surface area contributed by atoms with Crippen LogP contribution in [0.4, 0.5) is 5.82 Å². The number of nitrogens with zero attached hydrogens (tertiary/aromatic N) is 2. The van der Waals surface area contributed by atoms with Gasteiger partial charge in [-0.25, -0.2) is 9.97 Å². The third kappa shape index (κ3) is 2.87. The summed E-state index contributed by atoms with van der Waals surface area (Å²) in [5.41, 5.74) is 5.04. The van der Waals surface area contributed by atoms with Crippen molar-refractivity contribution in [2.45, 2.75) is 13.0 Å². The molecule has 1 unspecified atom stereocenters. The zero-order valence-electron chi connectivity index (χ0n) is 6.99. The Labute approximate surface area is 80.3 Å². The van der Waals surface area contributed by atoms with Crippen LogP contribution >= 0.6 is 11.6 Å². The molecule has 0 aliphatic heterocycles. The summed E-state index contributed by atoms with van der Waals surface area (Å²) in [5, 5.41) is 3.09. The van der Waals surface area contributed by atoms with Crippen molar-refractivity contribution in [1.29, 1.82) is 0 Å². The fourth-order valence-corrected chi connectivity index (χ4v) is 0.852. The molecule has 1 rings (SSSR count). The van der Waals surface area contributed by atoms with Gasteiger partial charge >= 0.3 is 0 Å². The maximum atomic E-state index is 10.7. The van der Waals surface area contributed by atoms with Crippen LogP contribution in [-0.4, -0.2) is 21.9 Å². The Kier molecular flexibility index (Phi) is 3.02. The van der Waals surface area contributed by atoms with Gasteiger partial charge in [-0.2, -0.15) is 0 Å². The molecule has 1 atom stereocenters. The highest BCUT2D eigenvalue weighted by molar-refractivity contribution is 6.29. The quantitative estimate of drug-likeness (QED) is 0.693. The van der Waals surface area contributed by atoms with Crippen molar-refractivity contribution in [3.05, 3.63) is 17.5 Å². The first-order chi connectivity index (χ1) is 6.09. The summed E-state index contributed by atoms with van der Waals surface area (Å²) in [6.45, 7) is 1.64. The number of amides is 1. The lowest BCUT2D eigenvalue weighted by atomic mass is 10.3. The van der Waals surface area contributed by atoms with Crippen LogP contribution in [0.1, 0.15) is 6.92 Å². The van der Waals surface area contributed by atoms with E-state index in [0.717, 1.165) is 0 Å². The summed E-state index contributed by atoms with van der Waals surface area (Å²) >= 11 is 5.60. The van der Waals surface area contributed by atoms with Crippen molar-refractivity contribution in [3.63, 3.8) is 0 Å². The lowest BCUT2D eigenvalue weighted by Crippen LogP contribution is -2.32. The average molecular weight is 201 g/mol. The van der Waals surface area contributed by atoms with E-state index in [9.17, 15) is 4.79 Å². The maximum Gasteiger partial charge on any atom is 0.239 e. The minimum absolute atomic E-state index is 0.314. The first-order valence-electron chi connectivity index (χ1n) is 3.63. The van der Waals surface area contributed by atoms with Crippen molar-refractivity contribution < 1.29 is 4.79 Å². The van der Waals surface area contributed by atoms with Crippen LogP contribution in [-0.2, 0) is 4.79 Å². The molecule has 13 heavy (non-hydrogen) atoms. The maximum absolute atomic E-state index is 10.7. The normalized spacial score (nSPS) is 12.2. The van der Waals surface area contributed by atoms with Gasteiger partial charge in [0.2, 0.25) is 5.91 Å². The molecule has 0 aliphatic carbocycles. The third-order valence-electron chi connectivity index (χ3n) is 1.42. The Morgan fingerprint density at radius 3 is 2.92 bits per heavy atom. The molecule has 1 aromatic rings. The molecule has 0 spiro atoms. The molecule has 0 bridgehead atoms. The van der Waals surface area contributed by atoms with E-state index in [1.807, 2.05) is 0 Å². The second-order valence-corrected chi connectivity index (χ2v) is 2.88. The highest BCUT2D eigenvalue weighted by Crippen LogP contribution is 2.09. The van der Waals surface area contributed by atoms with Crippen molar-refractivity contribution in [1.82, 2.24) is 9.97 Å². The number of hydrogen-bond acceptors (Lipinski definition) is 4. The van der Waals surface area contributed by atoms with E-state index in [4.69, 9.17) is 17.3 Å². The largest absolute Gasteiger partial charge is 0.368 e. The van der Waals surface area contributed by atoms with Crippen molar-refractivity contribution in [3.8, 4) is 0 Å². The van der Waals surface area contributed by atoms with Gasteiger partial charge in [0.25, 0.3) is 0 Å². The zero-order valence-corrected chi connectivity index (χ0v) is 7.75. The van der Waals surface area contributed by atoms with Crippen LogP contribution in [0.15, 0.2) is 12.4 Å². The van der Waals surface area contributed by atoms with Gasteiger partial charge in [0.15, 0.2) is 0 Å². The summed E-state index contributed by atoms with van der Waals surface area (Å²) in [4.78, 5) is 18.2. The fourth-order valence-electron chi connectivity index (χ4n) is 0.705. The van der Waals surface area contributed by atoms with Crippen molar-refractivity contribution >= 4 is 23.3 Å². The second kappa shape index (κ2) is 4.04. The molecule has 70 valence electrons. The summed E-state index contributed by atoms with van der Waals surface area (Å²) in [6, 6.07) is 1.03. The zero-order chi connectivity index (χ0) is 9.84. The van der Waals surface area contributed by atoms with Gasteiger partial charge in [0.05, 0.1) is 0 Å². The fraction of sp³-hybridized carbons (Fsp3) is 0.286. The van der Waals surface area contributed by atoms with Crippen LogP contribution in [0.2, 0.25) is 5.15 Å². The monoisotopic (exact) mass is 200 g/mol. The lowest BCUT2D eigenvalue weighted by molar-refractivity contribution is -0.118. The van der Waals surface area contributed by atoms with Gasteiger partial charge < -0.3 is 11.1 Å². The Morgan fingerprint density at radius 1 is 1.69 bits per heavy atom. The Morgan fingerprint density at radius 2 is 2.38 bits per heavy atom. The van der Waals surface area contributed by atoms with E-state index in [1.165, 1.54) is 12.4 Å². The molecule has 6 heteroatoms. The Bertz CT molecular complexity index is 317. The number of nitrogens with two attached hydrogens (primary N) is 1. The van der Waals surface area contributed by atoms with Crippen molar-refractivity contribution in [2.75, 3.05) is 5.32 Å². The molecule has 3 N–H and O–H groups in total. The number of nitrogens with one attached hydrogen (secondary N) is 1. The molecule has 0 saturated carbocycles. The molecule has 0 aromatic carbocycles. The summed E-state index contributed by atoms with van der Waals surface area (Å²) in [7, 11) is 0. The summed E-state index contributed by atoms with van der Waals surface area (Å²) in [5.74, 6) is 0.0287. The molecule has 1 aromatic heterocycles. The number of halogens is 1. The second-order valence-electron chi connectivity index (χ2n) is 2.49. The lowest BCUT2D eigenvalue weighted by Gasteiger charge is -2.09. The van der Waals surface area contributed by atoms with E-state index in [2.05, 4.69) is 15.3 Å². The highest BCUT2D eigenvalue weighted by atomic mass is 35.5. The number of aromatic nitrogens is 2. The van der Waals surface area contributed by atoms with Crippen molar-refractivity contribution in [2.24, 2.45) is 5.73 Å². The predicted molar refractivity (Wildman–Crippen MR) is 49.3 cm³/mol. The molecule has 0 aliphatic rings. The number of anilines is 1. The first-order valence-corrected chi connectivity index (χ1v) is 4.01. The van der Waals surface area contributed by atoms with E-state index in [-0.39, 0.29) is 0 Å². The van der Waals surface area contributed by atoms with Gasteiger partial charge in [0.1, 0.15) is 23.3 Å². The Hall–Kier alpha value is -1.36. The number of primary amides is 1. The molecular weight excluding hydrogens is 192 g/mol. The van der Waals surface area contributed by atoms with Gasteiger partial charge in [0, 0.05) is 6.07 Å². The van der Waals surface area contributed by atoms with Gasteiger partial charge in [-0.05, 0) is 6.92 Å². The van der Waals surface area contributed by atoms with Crippen LogP contribution in [0.25, 0.3) is 0 Å². The SMILES string of the molecule is CC(Nc1cc(Cl)ncn1)C(N)=O. The van der Waals surface area contributed by atoms with E-state index < -0.39 is 11.9 Å². The number of rotatable bonds is 3. The molecule has 5 nitrogen and oxygen atoms in total. The Balaban J connectivity index is 2.69. The van der Waals surface area contributed by atoms with Crippen LogP contribution in [0.3, 0.4) is 0 Å². The molecule has 0 radical (unpaired) electrons. The first kappa shape index (κ1) is 9.73. The summed E-state index contributed by atoms with van der Waals surface area (Å²) in [6.07, 6.45) is 1.30. The van der Waals surface area contributed by atoms with Crippen LogP contribution in [0.5, 0.6) is 0 Å². The molecule has 1 heterocycles. The topological polar surface area (TPSA) is 80.9 Å².